The van der Waals surface area contributed by atoms with E-state index in [9.17, 15) is 0 Å². The minimum atomic E-state index is 0.636. The van der Waals surface area contributed by atoms with E-state index in [0.29, 0.717) is 5.95 Å². The van der Waals surface area contributed by atoms with Gasteiger partial charge in [-0.05, 0) is 74.9 Å². The van der Waals surface area contributed by atoms with Crippen LogP contribution in [0.15, 0.2) is 24.3 Å². The minimum Gasteiger partial charge on any atom is -0.373 e. The van der Waals surface area contributed by atoms with Crippen molar-refractivity contribution in [3.8, 4) is 0 Å². The molecule has 2 heterocycles. The van der Waals surface area contributed by atoms with E-state index in [-0.39, 0.29) is 0 Å². The molecule has 2 aromatic rings. The molecule has 0 amide bonds. The number of aryl methyl sites for hydroxylation is 1. The minimum absolute atomic E-state index is 0.636. The van der Waals surface area contributed by atoms with E-state index in [0.717, 1.165) is 42.8 Å². The lowest BCUT2D eigenvalue weighted by Crippen LogP contribution is -2.29. The standard InChI is InChI=1S/C22H32N6/c1-16-13-21(23-2)27-22(25-16)26-19-7-8-20(17-5-6-17)18(14-19)15-24-9-12-28-10-3-4-11-28/h7-8,13-14,17,24H,3-6,9-12,15H2,1-2H3,(H2,23,25,26,27). The summed E-state index contributed by atoms with van der Waals surface area (Å²) in [7, 11) is 1.88. The zero-order valence-corrected chi connectivity index (χ0v) is 17.1. The molecule has 6 nitrogen and oxygen atoms in total. The van der Waals surface area contributed by atoms with Crippen LogP contribution in [0.5, 0.6) is 0 Å². The van der Waals surface area contributed by atoms with Crippen molar-refractivity contribution >= 4 is 17.5 Å². The number of benzene rings is 1. The smallest absolute Gasteiger partial charge is 0.229 e. The number of likely N-dealkylation sites (tertiary alicyclic amines) is 1. The summed E-state index contributed by atoms with van der Waals surface area (Å²) in [6, 6.07) is 8.65. The van der Waals surface area contributed by atoms with Crippen molar-refractivity contribution in [2.75, 3.05) is 43.9 Å². The van der Waals surface area contributed by atoms with Gasteiger partial charge < -0.3 is 20.9 Å². The van der Waals surface area contributed by atoms with Gasteiger partial charge in [-0.2, -0.15) is 4.98 Å². The van der Waals surface area contributed by atoms with Gasteiger partial charge in [-0.15, -0.1) is 0 Å². The third kappa shape index (κ3) is 5.00. The average Bonchev–Trinajstić information content (AvgIpc) is 3.40. The predicted molar refractivity (Wildman–Crippen MR) is 115 cm³/mol. The van der Waals surface area contributed by atoms with E-state index in [2.05, 4.69) is 49.0 Å². The number of hydrogen-bond donors (Lipinski definition) is 3. The Kier molecular flexibility index (Phi) is 6.07. The Morgan fingerprint density at radius 2 is 1.93 bits per heavy atom. The van der Waals surface area contributed by atoms with Crippen LogP contribution in [0.2, 0.25) is 0 Å². The van der Waals surface area contributed by atoms with E-state index in [1.165, 1.54) is 49.9 Å². The van der Waals surface area contributed by atoms with E-state index in [1.807, 2.05) is 20.0 Å². The van der Waals surface area contributed by atoms with Crippen LogP contribution in [-0.2, 0) is 6.54 Å². The van der Waals surface area contributed by atoms with Crippen LogP contribution in [0.3, 0.4) is 0 Å². The number of aromatic nitrogens is 2. The Morgan fingerprint density at radius 3 is 2.68 bits per heavy atom. The van der Waals surface area contributed by atoms with Gasteiger partial charge in [-0.25, -0.2) is 4.98 Å². The molecule has 0 spiro atoms. The maximum absolute atomic E-state index is 4.51. The van der Waals surface area contributed by atoms with E-state index in [4.69, 9.17) is 0 Å². The maximum atomic E-state index is 4.51. The second-order valence-corrected chi connectivity index (χ2v) is 8.01. The zero-order valence-electron chi connectivity index (χ0n) is 17.1. The highest BCUT2D eigenvalue weighted by molar-refractivity contribution is 5.58. The third-order valence-corrected chi connectivity index (χ3v) is 5.65. The molecule has 1 aromatic carbocycles. The van der Waals surface area contributed by atoms with Crippen molar-refractivity contribution in [3.63, 3.8) is 0 Å². The first-order valence-electron chi connectivity index (χ1n) is 10.6. The van der Waals surface area contributed by atoms with Gasteiger partial charge in [0, 0.05) is 44.1 Å². The molecule has 0 radical (unpaired) electrons. The third-order valence-electron chi connectivity index (χ3n) is 5.65. The summed E-state index contributed by atoms with van der Waals surface area (Å²) in [4.78, 5) is 11.6. The fourth-order valence-electron chi connectivity index (χ4n) is 3.98. The largest absolute Gasteiger partial charge is 0.373 e. The average molecular weight is 381 g/mol. The Balaban J connectivity index is 1.42. The molecule has 0 unspecified atom stereocenters. The zero-order chi connectivity index (χ0) is 19.3. The van der Waals surface area contributed by atoms with Gasteiger partial charge in [0.05, 0.1) is 0 Å². The second kappa shape index (κ2) is 8.88. The first-order chi connectivity index (χ1) is 13.7. The maximum Gasteiger partial charge on any atom is 0.229 e. The SMILES string of the molecule is CNc1cc(C)nc(Nc2ccc(C3CC3)c(CNCCN3CCCC3)c2)n1. The Bertz CT molecular complexity index is 796. The molecule has 150 valence electrons. The van der Waals surface area contributed by atoms with Gasteiger partial charge >= 0.3 is 0 Å². The van der Waals surface area contributed by atoms with Gasteiger partial charge in [0.25, 0.3) is 0 Å². The molecule has 0 atom stereocenters. The van der Waals surface area contributed by atoms with Gasteiger partial charge in [0.1, 0.15) is 5.82 Å². The molecule has 1 aliphatic carbocycles. The Morgan fingerprint density at radius 1 is 1.11 bits per heavy atom. The molecule has 1 saturated heterocycles. The fourth-order valence-corrected chi connectivity index (χ4v) is 3.98. The lowest BCUT2D eigenvalue weighted by molar-refractivity contribution is 0.335. The molecular weight excluding hydrogens is 348 g/mol. The highest BCUT2D eigenvalue weighted by Gasteiger charge is 2.26. The molecule has 1 aliphatic heterocycles. The molecule has 1 saturated carbocycles. The van der Waals surface area contributed by atoms with E-state index < -0.39 is 0 Å². The number of rotatable bonds is 9. The molecule has 6 heteroatoms. The van der Waals surface area contributed by atoms with Crippen molar-refractivity contribution in [1.82, 2.24) is 20.2 Å². The number of nitrogens with one attached hydrogen (secondary N) is 3. The van der Waals surface area contributed by atoms with Crippen molar-refractivity contribution < 1.29 is 0 Å². The van der Waals surface area contributed by atoms with Crippen LogP contribution in [0.4, 0.5) is 17.5 Å². The first-order valence-corrected chi connectivity index (χ1v) is 10.6. The fraction of sp³-hybridized carbons (Fsp3) is 0.545. The van der Waals surface area contributed by atoms with Crippen LogP contribution < -0.4 is 16.0 Å². The van der Waals surface area contributed by atoms with Crippen molar-refractivity contribution in [2.45, 2.75) is 45.1 Å². The molecule has 2 fully saturated rings. The lowest BCUT2D eigenvalue weighted by Gasteiger charge is -2.16. The van der Waals surface area contributed by atoms with Crippen LogP contribution in [0, 0.1) is 6.92 Å². The van der Waals surface area contributed by atoms with Gasteiger partial charge in [-0.1, -0.05) is 6.07 Å². The van der Waals surface area contributed by atoms with Crippen molar-refractivity contribution in [1.29, 1.82) is 0 Å². The number of hydrogen-bond acceptors (Lipinski definition) is 6. The van der Waals surface area contributed by atoms with Crippen LogP contribution in [0.25, 0.3) is 0 Å². The molecule has 1 aromatic heterocycles. The predicted octanol–water partition coefficient (Wildman–Crippen LogP) is 3.63. The van der Waals surface area contributed by atoms with Crippen LogP contribution in [0.1, 0.15) is 48.4 Å². The Labute approximate surface area is 168 Å². The number of nitrogens with zero attached hydrogens (tertiary/aromatic N) is 3. The summed E-state index contributed by atoms with van der Waals surface area (Å²) in [5.74, 6) is 2.21. The topological polar surface area (TPSA) is 65.1 Å². The molecule has 0 bridgehead atoms. The van der Waals surface area contributed by atoms with Crippen LogP contribution >= 0.6 is 0 Å². The highest BCUT2D eigenvalue weighted by Crippen LogP contribution is 2.42. The summed E-state index contributed by atoms with van der Waals surface area (Å²) >= 11 is 0. The first kappa shape index (κ1) is 19.2. The van der Waals surface area contributed by atoms with E-state index in [1.54, 1.807) is 0 Å². The molecule has 4 rings (SSSR count). The number of anilines is 3. The van der Waals surface area contributed by atoms with Gasteiger partial charge in [0.2, 0.25) is 5.95 Å². The van der Waals surface area contributed by atoms with E-state index >= 15 is 0 Å². The summed E-state index contributed by atoms with van der Waals surface area (Å²) in [6.45, 7) is 7.64. The van der Waals surface area contributed by atoms with Crippen molar-refractivity contribution in [3.05, 3.63) is 41.1 Å². The summed E-state index contributed by atoms with van der Waals surface area (Å²) in [6.07, 6.45) is 5.35. The Hall–Kier alpha value is -2.18. The van der Waals surface area contributed by atoms with Gasteiger partial charge in [0.15, 0.2) is 0 Å². The normalized spacial score (nSPS) is 17.1. The summed E-state index contributed by atoms with van der Waals surface area (Å²) < 4.78 is 0. The summed E-state index contributed by atoms with van der Waals surface area (Å²) in [5.41, 5.74) is 4.89. The lowest BCUT2D eigenvalue weighted by atomic mass is 10.0. The van der Waals surface area contributed by atoms with Crippen LogP contribution in [-0.4, -0.2) is 48.1 Å². The summed E-state index contributed by atoms with van der Waals surface area (Å²) in [5, 5.41) is 10.1. The molecule has 28 heavy (non-hydrogen) atoms. The molecule has 3 N–H and O–H groups in total. The van der Waals surface area contributed by atoms with Gasteiger partial charge in [-0.3, -0.25) is 0 Å². The molecular formula is C22H32N6. The second-order valence-electron chi connectivity index (χ2n) is 8.01. The van der Waals surface area contributed by atoms with Crippen molar-refractivity contribution in [2.24, 2.45) is 0 Å². The molecule has 2 aliphatic rings. The quantitative estimate of drug-likeness (QED) is 0.577. The monoisotopic (exact) mass is 380 g/mol. The highest BCUT2D eigenvalue weighted by atomic mass is 15.2.